The molecule has 86 valence electrons. The van der Waals surface area contributed by atoms with Crippen molar-refractivity contribution in [1.82, 2.24) is 5.43 Å². The monoisotopic (exact) mass is 212 g/mol. The van der Waals surface area contributed by atoms with E-state index in [9.17, 15) is 0 Å². The van der Waals surface area contributed by atoms with E-state index >= 15 is 0 Å². The summed E-state index contributed by atoms with van der Waals surface area (Å²) in [6.45, 7) is 6.67. The Morgan fingerprint density at radius 3 is 2.73 bits per heavy atom. The number of hydrogen-bond acceptors (Lipinski definition) is 4. The molecule has 4 nitrogen and oxygen atoms in total. The van der Waals surface area contributed by atoms with Gasteiger partial charge in [-0.05, 0) is 38.8 Å². The Morgan fingerprint density at radius 2 is 2.27 bits per heavy atom. The highest BCUT2D eigenvalue weighted by Gasteiger charge is 2.15. The molecular weight excluding hydrogens is 192 g/mol. The molecule has 1 aromatic rings. The third-order valence-electron chi connectivity index (χ3n) is 2.02. The van der Waals surface area contributed by atoms with Crippen LogP contribution in [0.15, 0.2) is 23.0 Å². The lowest BCUT2D eigenvalue weighted by atomic mass is 10.1. The lowest BCUT2D eigenvalue weighted by Crippen LogP contribution is -2.42. The third kappa shape index (κ3) is 4.97. The molecule has 1 atom stereocenters. The van der Waals surface area contributed by atoms with Gasteiger partial charge in [-0.25, -0.2) is 0 Å². The van der Waals surface area contributed by atoms with Crippen LogP contribution in [0.4, 0.5) is 0 Å². The highest BCUT2D eigenvalue weighted by Crippen LogP contribution is 2.09. The minimum Gasteiger partial charge on any atom is -0.472 e. The number of ether oxygens (including phenoxy) is 1. The second kappa shape index (κ2) is 5.30. The minimum atomic E-state index is -0.133. The molecule has 1 unspecified atom stereocenters. The molecule has 1 aromatic heterocycles. The van der Waals surface area contributed by atoms with Crippen LogP contribution in [0.3, 0.4) is 0 Å². The molecule has 0 saturated heterocycles. The summed E-state index contributed by atoms with van der Waals surface area (Å²) in [6.07, 6.45) is 4.19. The van der Waals surface area contributed by atoms with E-state index in [1.807, 2.05) is 26.8 Å². The molecule has 1 rings (SSSR count). The first-order valence-electron chi connectivity index (χ1n) is 5.12. The van der Waals surface area contributed by atoms with E-state index in [2.05, 4.69) is 5.43 Å². The maximum Gasteiger partial charge on any atom is 0.0935 e. The van der Waals surface area contributed by atoms with Gasteiger partial charge in [0, 0.05) is 6.04 Å². The largest absolute Gasteiger partial charge is 0.472 e. The number of furan rings is 1. The van der Waals surface area contributed by atoms with Crippen molar-refractivity contribution < 1.29 is 9.15 Å². The first-order valence-corrected chi connectivity index (χ1v) is 5.12. The maximum atomic E-state index is 5.66. The van der Waals surface area contributed by atoms with Crippen molar-refractivity contribution in [3.05, 3.63) is 24.2 Å². The van der Waals surface area contributed by atoms with Crippen molar-refractivity contribution >= 4 is 0 Å². The van der Waals surface area contributed by atoms with Crippen LogP contribution in [0.25, 0.3) is 0 Å². The van der Waals surface area contributed by atoms with Gasteiger partial charge in [0.1, 0.15) is 0 Å². The number of nitrogens with one attached hydrogen (secondary N) is 1. The van der Waals surface area contributed by atoms with E-state index in [1.54, 1.807) is 12.5 Å². The van der Waals surface area contributed by atoms with Crippen LogP contribution in [0, 0.1) is 0 Å². The van der Waals surface area contributed by atoms with Gasteiger partial charge in [-0.1, -0.05) is 0 Å². The number of nitrogens with two attached hydrogens (primary N) is 1. The van der Waals surface area contributed by atoms with Gasteiger partial charge in [-0.15, -0.1) is 0 Å². The Kier molecular flexibility index (Phi) is 4.32. The van der Waals surface area contributed by atoms with Crippen LogP contribution in [0.1, 0.15) is 26.3 Å². The number of hydrazine groups is 1. The summed E-state index contributed by atoms with van der Waals surface area (Å²) in [5.74, 6) is 5.46. The average Bonchev–Trinajstić information content (AvgIpc) is 2.63. The van der Waals surface area contributed by atoms with E-state index in [1.165, 1.54) is 0 Å². The van der Waals surface area contributed by atoms with Crippen molar-refractivity contribution in [2.45, 2.75) is 38.8 Å². The topological polar surface area (TPSA) is 60.4 Å². The molecule has 0 amide bonds. The summed E-state index contributed by atoms with van der Waals surface area (Å²) >= 11 is 0. The van der Waals surface area contributed by atoms with Gasteiger partial charge < -0.3 is 9.15 Å². The molecular formula is C11H20N2O2. The standard InChI is InChI=1S/C11H20N2O2/c1-11(2,3)15-8-10(13-12)6-9-4-5-14-7-9/h4-5,7,10,13H,6,8,12H2,1-3H3. The quantitative estimate of drug-likeness (QED) is 0.573. The fourth-order valence-electron chi connectivity index (χ4n) is 1.21. The van der Waals surface area contributed by atoms with E-state index in [0.717, 1.165) is 12.0 Å². The zero-order valence-corrected chi connectivity index (χ0v) is 9.62. The minimum absolute atomic E-state index is 0.113. The first kappa shape index (κ1) is 12.2. The SMILES string of the molecule is CC(C)(C)OCC(Cc1ccoc1)NN. The van der Waals surface area contributed by atoms with Gasteiger partial charge in [0.15, 0.2) is 0 Å². The summed E-state index contributed by atoms with van der Waals surface area (Å²) in [6, 6.07) is 2.04. The second-order valence-electron chi connectivity index (χ2n) is 4.62. The summed E-state index contributed by atoms with van der Waals surface area (Å²) < 4.78 is 10.7. The van der Waals surface area contributed by atoms with Crippen molar-refractivity contribution in [3.63, 3.8) is 0 Å². The summed E-state index contributed by atoms with van der Waals surface area (Å²) in [5, 5.41) is 0. The van der Waals surface area contributed by atoms with Crippen LogP contribution in [-0.4, -0.2) is 18.2 Å². The van der Waals surface area contributed by atoms with Crippen molar-refractivity contribution in [2.24, 2.45) is 5.84 Å². The van der Waals surface area contributed by atoms with Crippen LogP contribution < -0.4 is 11.3 Å². The molecule has 0 saturated carbocycles. The fourth-order valence-corrected chi connectivity index (χ4v) is 1.21. The number of hydrogen-bond donors (Lipinski definition) is 2. The van der Waals surface area contributed by atoms with Gasteiger partial charge in [0.25, 0.3) is 0 Å². The molecule has 0 aliphatic rings. The van der Waals surface area contributed by atoms with E-state index in [0.29, 0.717) is 6.61 Å². The molecule has 0 bridgehead atoms. The normalized spacial score (nSPS) is 14.1. The zero-order chi connectivity index (χ0) is 11.3. The van der Waals surface area contributed by atoms with Gasteiger partial charge in [-0.2, -0.15) is 0 Å². The Bertz CT molecular complexity index is 265. The lowest BCUT2D eigenvalue weighted by Gasteiger charge is -2.23. The van der Waals surface area contributed by atoms with Crippen LogP contribution in [0.5, 0.6) is 0 Å². The van der Waals surface area contributed by atoms with Gasteiger partial charge in [0.05, 0.1) is 24.7 Å². The second-order valence-corrected chi connectivity index (χ2v) is 4.62. The van der Waals surface area contributed by atoms with Crippen LogP contribution in [-0.2, 0) is 11.2 Å². The molecule has 3 N–H and O–H groups in total. The Balaban J connectivity index is 2.36. The first-order chi connectivity index (χ1) is 7.01. The third-order valence-corrected chi connectivity index (χ3v) is 2.02. The van der Waals surface area contributed by atoms with E-state index < -0.39 is 0 Å². The Morgan fingerprint density at radius 1 is 1.53 bits per heavy atom. The summed E-state index contributed by atoms with van der Waals surface area (Å²) in [7, 11) is 0. The molecule has 15 heavy (non-hydrogen) atoms. The molecule has 0 aliphatic carbocycles. The fraction of sp³-hybridized carbons (Fsp3) is 0.636. The molecule has 0 spiro atoms. The van der Waals surface area contributed by atoms with Crippen molar-refractivity contribution in [3.8, 4) is 0 Å². The molecule has 1 heterocycles. The van der Waals surface area contributed by atoms with Crippen molar-refractivity contribution in [1.29, 1.82) is 0 Å². The highest BCUT2D eigenvalue weighted by molar-refractivity contribution is 5.07. The van der Waals surface area contributed by atoms with Crippen LogP contribution in [0.2, 0.25) is 0 Å². The molecule has 0 fully saturated rings. The lowest BCUT2D eigenvalue weighted by molar-refractivity contribution is -0.0143. The Hall–Kier alpha value is -0.840. The summed E-state index contributed by atoms with van der Waals surface area (Å²) in [5.41, 5.74) is 3.73. The summed E-state index contributed by atoms with van der Waals surface area (Å²) in [4.78, 5) is 0. The van der Waals surface area contributed by atoms with Crippen molar-refractivity contribution in [2.75, 3.05) is 6.61 Å². The molecule has 4 heteroatoms. The van der Waals surface area contributed by atoms with E-state index in [4.69, 9.17) is 15.0 Å². The van der Waals surface area contributed by atoms with Gasteiger partial charge in [-0.3, -0.25) is 11.3 Å². The van der Waals surface area contributed by atoms with E-state index in [-0.39, 0.29) is 11.6 Å². The zero-order valence-electron chi connectivity index (χ0n) is 9.62. The average molecular weight is 212 g/mol. The molecule has 0 aliphatic heterocycles. The van der Waals surface area contributed by atoms with Gasteiger partial charge >= 0.3 is 0 Å². The predicted molar refractivity (Wildman–Crippen MR) is 59.2 cm³/mol. The van der Waals surface area contributed by atoms with Crippen LogP contribution >= 0.6 is 0 Å². The smallest absolute Gasteiger partial charge is 0.0935 e. The van der Waals surface area contributed by atoms with Gasteiger partial charge in [0.2, 0.25) is 0 Å². The molecule has 0 radical (unpaired) electrons. The molecule has 0 aromatic carbocycles. The number of rotatable bonds is 5. The predicted octanol–water partition coefficient (Wildman–Crippen LogP) is 1.47. The Labute approximate surface area is 90.8 Å². The highest BCUT2D eigenvalue weighted by atomic mass is 16.5. The maximum absolute atomic E-state index is 5.66.